The zero-order valence-electron chi connectivity index (χ0n) is 13.8. The first-order valence-corrected chi connectivity index (χ1v) is 9.13. The Balaban J connectivity index is 2.69. The van der Waals surface area contributed by atoms with Crippen LogP contribution in [-0.4, -0.2) is 49.3 Å². The van der Waals surface area contributed by atoms with E-state index in [0.717, 1.165) is 18.9 Å². The summed E-state index contributed by atoms with van der Waals surface area (Å²) in [6.45, 7) is 3.21. The number of aromatic amines is 2. The van der Waals surface area contributed by atoms with Gasteiger partial charge in [-0.15, -0.1) is 0 Å². The van der Waals surface area contributed by atoms with E-state index in [4.69, 9.17) is 0 Å². The van der Waals surface area contributed by atoms with Crippen molar-refractivity contribution in [1.29, 1.82) is 0 Å². The summed E-state index contributed by atoms with van der Waals surface area (Å²) in [5.74, 6) is 0.186. The smallest absolute Gasteiger partial charge is 0.325 e. The van der Waals surface area contributed by atoms with Crippen LogP contribution in [0.25, 0.3) is 6.08 Å². The largest absolute Gasteiger partial charge is 0.394 e. The zero-order valence-corrected chi connectivity index (χ0v) is 14.6. The van der Waals surface area contributed by atoms with E-state index in [1.807, 2.05) is 6.92 Å². The molecule has 2 atom stereocenters. The number of H-pyrrole nitrogens is 2. The fraction of sp³-hybridized carbons (Fsp3) is 0.533. The van der Waals surface area contributed by atoms with Gasteiger partial charge in [0.25, 0.3) is 5.56 Å². The minimum absolute atomic E-state index is 0.164. The third-order valence-corrected chi connectivity index (χ3v) is 4.78. The van der Waals surface area contributed by atoms with Crippen LogP contribution in [-0.2, 0) is 15.6 Å². The maximum atomic E-state index is 11.9. The number of hydrogen-bond acceptors (Lipinski definition) is 5. The highest BCUT2D eigenvalue weighted by Crippen LogP contribution is 1.99. The molecule has 1 aromatic rings. The van der Waals surface area contributed by atoms with E-state index in [1.165, 1.54) is 6.08 Å². The molecule has 0 aliphatic heterocycles. The van der Waals surface area contributed by atoms with Crippen molar-refractivity contribution >= 4 is 22.8 Å². The summed E-state index contributed by atoms with van der Waals surface area (Å²) >= 11 is 0. The lowest BCUT2D eigenvalue weighted by atomic mass is 10.2. The van der Waals surface area contributed by atoms with E-state index in [1.54, 1.807) is 6.92 Å². The molecule has 1 amide bonds. The van der Waals surface area contributed by atoms with Crippen molar-refractivity contribution in [3.05, 3.63) is 38.2 Å². The molecule has 0 radical (unpaired) electrons. The predicted molar refractivity (Wildman–Crippen MR) is 93.3 cm³/mol. The van der Waals surface area contributed by atoms with Gasteiger partial charge in [-0.05, 0) is 19.4 Å². The molecule has 0 aliphatic carbocycles. The number of aliphatic hydroxyl groups excluding tert-OH is 1. The maximum absolute atomic E-state index is 11.9. The lowest BCUT2D eigenvalue weighted by Crippen LogP contribution is -2.40. The summed E-state index contributed by atoms with van der Waals surface area (Å²) in [6, 6.07) is -0.616. The Bertz CT molecular complexity index is 723. The van der Waals surface area contributed by atoms with Gasteiger partial charge in [0.05, 0.1) is 18.2 Å². The Hall–Kier alpha value is -2.00. The molecule has 0 saturated carbocycles. The van der Waals surface area contributed by atoms with Crippen molar-refractivity contribution in [1.82, 2.24) is 15.3 Å². The minimum atomic E-state index is -1.11. The third kappa shape index (κ3) is 6.63. The van der Waals surface area contributed by atoms with Crippen molar-refractivity contribution in [3.8, 4) is 0 Å². The van der Waals surface area contributed by atoms with Crippen LogP contribution < -0.4 is 16.6 Å². The second kappa shape index (κ2) is 9.99. The van der Waals surface area contributed by atoms with Crippen LogP contribution in [0.3, 0.4) is 0 Å². The van der Waals surface area contributed by atoms with Gasteiger partial charge in [0.2, 0.25) is 5.91 Å². The van der Waals surface area contributed by atoms with Gasteiger partial charge in [-0.3, -0.25) is 18.8 Å². The average Bonchev–Trinajstić information content (AvgIpc) is 2.51. The molecule has 0 saturated heterocycles. The highest BCUT2D eigenvalue weighted by Gasteiger charge is 2.13. The molecular formula is C15H23N3O5S. The first-order chi connectivity index (χ1) is 11.4. The van der Waals surface area contributed by atoms with E-state index < -0.39 is 34.0 Å². The van der Waals surface area contributed by atoms with Crippen molar-refractivity contribution in [2.24, 2.45) is 0 Å². The average molecular weight is 357 g/mol. The number of carbonyl (C=O) groups excluding carboxylic acids is 1. The molecule has 0 fully saturated rings. The van der Waals surface area contributed by atoms with Crippen LogP contribution >= 0.6 is 0 Å². The molecule has 8 nitrogen and oxygen atoms in total. The van der Waals surface area contributed by atoms with Gasteiger partial charge < -0.3 is 15.4 Å². The minimum Gasteiger partial charge on any atom is -0.394 e. The highest BCUT2D eigenvalue weighted by molar-refractivity contribution is 7.85. The number of unbranched alkanes of at least 4 members (excludes halogenated alkanes) is 1. The number of amides is 1. The third-order valence-electron chi connectivity index (χ3n) is 3.26. The normalized spacial score (nSPS) is 13.8. The summed E-state index contributed by atoms with van der Waals surface area (Å²) < 4.78 is 11.8. The molecule has 0 bridgehead atoms. The van der Waals surface area contributed by atoms with Gasteiger partial charge in [0.1, 0.15) is 0 Å². The summed E-state index contributed by atoms with van der Waals surface area (Å²) in [6.07, 6.45) is 4.17. The number of aliphatic hydroxyl groups is 1. The number of aryl methyl sites for hydroxylation is 1. The molecule has 0 aliphatic rings. The van der Waals surface area contributed by atoms with E-state index in [2.05, 4.69) is 15.3 Å². The first kappa shape index (κ1) is 20.0. The number of carbonyl (C=O) groups is 1. The monoisotopic (exact) mass is 357 g/mol. The summed E-state index contributed by atoms with van der Waals surface area (Å²) in [5.41, 5.74) is -0.710. The predicted octanol–water partition coefficient (Wildman–Crippen LogP) is -0.589. The summed E-state index contributed by atoms with van der Waals surface area (Å²) in [5, 5.41) is 11.8. The molecule has 0 aromatic carbocycles. The Morgan fingerprint density at radius 1 is 1.38 bits per heavy atom. The Kier molecular flexibility index (Phi) is 8.34. The van der Waals surface area contributed by atoms with Crippen LogP contribution in [0.5, 0.6) is 0 Å². The Labute approximate surface area is 141 Å². The molecule has 1 unspecified atom stereocenters. The lowest BCUT2D eigenvalue weighted by Gasteiger charge is -2.14. The number of nitrogens with one attached hydrogen (secondary N) is 3. The standard InChI is InChI=1S/C15H23N3O5S/c1-3-4-7-24(23)9-11(8-19)17-13(20)6-5-12-10(2)16-15(22)18-14(12)21/h5-6,11,19H,3-4,7-9H2,1-2H3,(H,17,20)(H2,16,18,21,22)/t11-,24?/m1/s1. The van der Waals surface area contributed by atoms with Gasteiger partial charge in [0.15, 0.2) is 0 Å². The van der Waals surface area contributed by atoms with E-state index in [0.29, 0.717) is 11.4 Å². The summed E-state index contributed by atoms with van der Waals surface area (Å²) in [4.78, 5) is 39.1. The number of hydrogen-bond donors (Lipinski definition) is 4. The Morgan fingerprint density at radius 3 is 2.67 bits per heavy atom. The molecule has 4 N–H and O–H groups in total. The maximum Gasteiger partial charge on any atom is 0.325 e. The number of rotatable bonds is 9. The number of aromatic nitrogens is 2. The fourth-order valence-electron chi connectivity index (χ4n) is 1.97. The molecule has 0 spiro atoms. The molecule has 9 heteroatoms. The van der Waals surface area contributed by atoms with E-state index >= 15 is 0 Å². The Morgan fingerprint density at radius 2 is 2.08 bits per heavy atom. The lowest BCUT2D eigenvalue weighted by molar-refractivity contribution is -0.117. The van der Waals surface area contributed by atoms with Crippen LogP contribution in [0.1, 0.15) is 31.0 Å². The zero-order chi connectivity index (χ0) is 18.1. The molecule has 134 valence electrons. The molecular weight excluding hydrogens is 334 g/mol. The van der Waals surface area contributed by atoms with Crippen molar-refractivity contribution in [2.75, 3.05) is 18.1 Å². The van der Waals surface area contributed by atoms with E-state index in [9.17, 15) is 23.7 Å². The SMILES string of the molecule is CCCCS(=O)C[C@@H](CO)NC(=O)C=Cc1c(C)[nH]c(=O)[nH]c1=O. The van der Waals surface area contributed by atoms with Crippen LogP contribution in [0.2, 0.25) is 0 Å². The van der Waals surface area contributed by atoms with Gasteiger partial charge in [-0.2, -0.15) is 0 Å². The van der Waals surface area contributed by atoms with Crippen molar-refractivity contribution < 1.29 is 14.1 Å². The molecule has 1 rings (SSSR count). The van der Waals surface area contributed by atoms with Crippen molar-refractivity contribution in [3.63, 3.8) is 0 Å². The highest BCUT2D eigenvalue weighted by atomic mass is 32.2. The van der Waals surface area contributed by atoms with Crippen LogP contribution in [0.4, 0.5) is 0 Å². The van der Waals surface area contributed by atoms with Crippen LogP contribution in [0.15, 0.2) is 15.7 Å². The van der Waals surface area contributed by atoms with Crippen LogP contribution in [0, 0.1) is 6.92 Å². The van der Waals surface area contributed by atoms with Crippen molar-refractivity contribution in [2.45, 2.75) is 32.7 Å². The molecule has 24 heavy (non-hydrogen) atoms. The van der Waals surface area contributed by atoms with Gasteiger partial charge in [-0.25, -0.2) is 4.79 Å². The van der Waals surface area contributed by atoms with E-state index in [-0.39, 0.29) is 17.9 Å². The molecule has 1 aromatic heterocycles. The van der Waals surface area contributed by atoms with Gasteiger partial charge >= 0.3 is 5.69 Å². The first-order valence-electron chi connectivity index (χ1n) is 7.65. The van der Waals surface area contributed by atoms with Gasteiger partial charge in [-0.1, -0.05) is 13.3 Å². The van der Waals surface area contributed by atoms with Gasteiger partial charge in [0, 0.05) is 34.1 Å². The molecule has 1 heterocycles. The summed E-state index contributed by atoms with van der Waals surface area (Å²) in [7, 11) is -1.11. The second-order valence-corrected chi connectivity index (χ2v) is 6.95. The topological polar surface area (TPSA) is 132 Å². The quantitative estimate of drug-likeness (QED) is 0.439. The second-order valence-electron chi connectivity index (χ2n) is 5.33. The fourth-order valence-corrected chi connectivity index (χ4v) is 3.39.